The van der Waals surface area contributed by atoms with E-state index in [1.54, 1.807) is 23.5 Å². The first-order valence-corrected chi connectivity index (χ1v) is 8.35. The van der Waals surface area contributed by atoms with Crippen LogP contribution < -0.4 is 5.32 Å². The van der Waals surface area contributed by atoms with Crippen LogP contribution in [0.1, 0.15) is 48.7 Å². The largest absolute Gasteiger partial charge is 0.310 e. The molecule has 0 spiro atoms. The number of aryl methyl sites for hydroxylation is 1. The first kappa shape index (κ1) is 14.7. The van der Waals surface area contributed by atoms with Gasteiger partial charge in [-0.1, -0.05) is 13.8 Å². The lowest BCUT2D eigenvalue weighted by atomic mass is 10.1. The molecule has 1 aromatic heterocycles. The zero-order valence-corrected chi connectivity index (χ0v) is 13.6. The van der Waals surface area contributed by atoms with Crippen molar-refractivity contribution in [3.05, 3.63) is 40.2 Å². The zero-order chi connectivity index (χ0) is 15.0. The van der Waals surface area contributed by atoms with Gasteiger partial charge in [-0.05, 0) is 43.5 Å². The van der Waals surface area contributed by atoms with Gasteiger partial charge in [0.1, 0.15) is 10.8 Å². The van der Waals surface area contributed by atoms with Crippen LogP contribution in [0.4, 0.5) is 4.39 Å². The van der Waals surface area contributed by atoms with Crippen LogP contribution in [-0.2, 0) is 6.54 Å². The predicted molar refractivity (Wildman–Crippen MR) is 86.2 cm³/mol. The fourth-order valence-electron chi connectivity index (χ4n) is 2.45. The summed E-state index contributed by atoms with van der Waals surface area (Å²) in [6, 6.07) is 5.61. The lowest BCUT2D eigenvalue weighted by Gasteiger charge is -2.07. The van der Waals surface area contributed by atoms with E-state index in [-0.39, 0.29) is 5.82 Å². The molecule has 1 aliphatic rings. The zero-order valence-electron chi connectivity index (χ0n) is 12.7. The molecular weight excluding hydrogens is 283 g/mol. The highest BCUT2D eigenvalue weighted by atomic mass is 32.1. The number of hydrogen-bond acceptors (Lipinski definition) is 3. The monoisotopic (exact) mass is 304 g/mol. The van der Waals surface area contributed by atoms with Gasteiger partial charge < -0.3 is 5.32 Å². The summed E-state index contributed by atoms with van der Waals surface area (Å²) in [5, 5.41) is 4.41. The summed E-state index contributed by atoms with van der Waals surface area (Å²) >= 11 is 1.70. The van der Waals surface area contributed by atoms with Crippen LogP contribution in [0.5, 0.6) is 0 Å². The molecule has 1 fully saturated rings. The third-order valence-corrected chi connectivity index (χ3v) is 4.77. The number of nitrogens with one attached hydrogen (secondary N) is 1. The molecule has 2 nitrogen and oxygen atoms in total. The summed E-state index contributed by atoms with van der Waals surface area (Å²) in [5.41, 5.74) is 3.07. The predicted octanol–water partition coefficient (Wildman–Crippen LogP) is 4.63. The van der Waals surface area contributed by atoms with Crippen molar-refractivity contribution in [1.29, 1.82) is 0 Å². The maximum Gasteiger partial charge on any atom is 0.124 e. The number of thiazole rings is 1. The Kier molecular flexibility index (Phi) is 4.09. The van der Waals surface area contributed by atoms with Crippen LogP contribution in [0, 0.1) is 12.7 Å². The molecular formula is C17H21FN2S. The van der Waals surface area contributed by atoms with Crippen LogP contribution in [-0.4, -0.2) is 11.0 Å². The Morgan fingerprint density at radius 3 is 2.71 bits per heavy atom. The lowest BCUT2D eigenvalue weighted by molar-refractivity contribution is 0.590. The topological polar surface area (TPSA) is 24.9 Å². The second-order valence-corrected chi connectivity index (χ2v) is 7.24. The SMILES string of the molecule is Cc1cc(F)cc(-c2nc(C3CC3)c(CNC(C)C)s2)c1. The lowest BCUT2D eigenvalue weighted by Crippen LogP contribution is -2.21. The van der Waals surface area contributed by atoms with Crippen LogP contribution in [0.15, 0.2) is 18.2 Å². The minimum Gasteiger partial charge on any atom is -0.310 e. The number of rotatable bonds is 5. The smallest absolute Gasteiger partial charge is 0.124 e. The average Bonchev–Trinajstić information content (AvgIpc) is 3.15. The van der Waals surface area contributed by atoms with E-state index in [2.05, 4.69) is 19.2 Å². The van der Waals surface area contributed by atoms with Crippen molar-refractivity contribution < 1.29 is 4.39 Å². The fourth-order valence-corrected chi connectivity index (χ4v) is 3.53. The summed E-state index contributed by atoms with van der Waals surface area (Å²) in [4.78, 5) is 6.12. The molecule has 0 bridgehead atoms. The Hall–Kier alpha value is -1.26. The van der Waals surface area contributed by atoms with Gasteiger partial charge in [0, 0.05) is 28.9 Å². The second kappa shape index (κ2) is 5.85. The van der Waals surface area contributed by atoms with Gasteiger partial charge in [0.2, 0.25) is 0 Å². The van der Waals surface area contributed by atoms with E-state index >= 15 is 0 Å². The third kappa shape index (κ3) is 3.50. The number of aromatic nitrogens is 1. The molecule has 21 heavy (non-hydrogen) atoms. The van der Waals surface area contributed by atoms with Crippen LogP contribution >= 0.6 is 11.3 Å². The van der Waals surface area contributed by atoms with Gasteiger partial charge in [-0.2, -0.15) is 0 Å². The Labute approximate surface area is 129 Å². The minimum atomic E-state index is -0.185. The first-order valence-electron chi connectivity index (χ1n) is 7.53. The Bertz CT molecular complexity index is 624. The molecule has 1 aliphatic carbocycles. The fraction of sp³-hybridized carbons (Fsp3) is 0.471. The van der Waals surface area contributed by atoms with Gasteiger partial charge in [0.25, 0.3) is 0 Å². The van der Waals surface area contributed by atoms with Crippen LogP contribution in [0.2, 0.25) is 0 Å². The number of hydrogen-bond donors (Lipinski definition) is 1. The molecule has 0 unspecified atom stereocenters. The molecule has 1 aromatic carbocycles. The molecule has 2 aromatic rings. The highest BCUT2D eigenvalue weighted by Gasteiger charge is 2.29. The maximum absolute atomic E-state index is 13.6. The van der Waals surface area contributed by atoms with Gasteiger partial charge in [-0.25, -0.2) is 9.37 Å². The molecule has 1 saturated carbocycles. The molecule has 3 rings (SSSR count). The van der Waals surface area contributed by atoms with E-state index in [0.717, 1.165) is 22.7 Å². The van der Waals surface area contributed by atoms with Crippen molar-refractivity contribution in [2.45, 2.75) is 52.1 Å². The highest BCUT2D eigenvalue weighted by Crippen LogP contribution is 2.44. The molecule has 0 amide bonds. The Balaban J connectivity index is 1.93. The van der Waals surface area contributed by atoms with Crippen molar-refractivity contribution in [3.8, 4) is 10.6 Å². The second-order valence-electron chi connectivity index (χ2n) is 6.15. The van der Waals surface area contributed by atoms with E-state index in [4.69, 9.17) is 4.98 Å². The molecule has 1 N–H and O–H groups in total. The van der Waals surface area contributed by atoms with Crippen molar-refractivity contribution in [3.63, 3.8) is 0 Å². The van der Waals surface area contributed by atoms with E-state index in [1.807, 2.05) is 13.0 Å². The Morgan fingerprint density at radius 2 is 2.10 bits per heavy atom. The molecule has 0 atom stereocenters. The van der Waals surface area contributed by atoms with E-state index in [1.165, 1.54) is 23.4 Å². The van der Waals surface area contributed by atoms with Crippen LogP contribution in [0.3, 0.4) is 0 Å². The average molecular weight is 304 g/mol. The summed E-state index contributed by atoms with van der Waals surface area (Å²) in [6.45, 7) is 7.07. The quantitative estimate of drug-likeness (QED) is 0.871. The van der Waals surface area contributed by atoms with Gasteiger partial charge >= 0.3 is 0 Å². The first-order chi connectivity index (χ1) is 10.0. The molecule has 0 radical (unpaired) electrons. The molecule has 0 saturated heterocycles. The molecule has 0 aliphatic heterocycles. The van der Waals surface area contributed by atoms with Gasteiger partial charge in [-0.3, -0.25) is 0 Å². The number of halogens is 1. The highest BCUT2D eigenvalue weighted by molar-refractivity contribution is 7.15. The van der Waals surface area contributed by atoms with Gasteiger partial charge in [-0.15, -0.1) is 11.3 Å². The maximum atomic E-state index is 13.6. The van der Waals surface area contributed by atoms with Gasteiger partial charge in [0.05, 0.1) is 5.69 Å². The van der Waals surface area contributed by atoms with Gasteiger partial charge in [0.15, 0.2) is 0 Å². The summed E-state index contributed by atoms with van der Waals surface area (Å²) < 4.78 is 13.6. The Morgan fingerprint density at radius 1 is 1.33 bits per heavy atom. The summed E-state index contributed by atoms with van der Waals surface area (Å²) in [6.07, 6.45) is 2.47. The molecule has 1 heterocycles. The minimum absolute atomic E-state index is 0.185. The van der Waals surface area contributed by atoms with Crippen molar-refractivity contribution in [2.75, 3.05) is 0 Å². The molecule has 112 valence electrons. The van der Waals surface area contributed by atoms with E-state index < -0.39 is 0 Å². The van der Waals surface area contributed by atoms with Crippen molar-refractivity contribution in [1.82, 2.24) is 10.3 Å². The third-order valence-electron chi connectivity index (χ3n) is 3.65. The van der Waals surface area contributed by atoms with E-state index in [0.29, 0.717) is 12.0 Å². The molecule has 4 heteroatoms. The summed E-state index contributed by atoms with van der Waals surface area (Å²) in [7, 11) is 0. The number of nitrogens with zero attached hydrogens (tertiary/aromatic N) is 1. The van der Waals surface area contributed by atoms with Crippen LogP contribution in [0.25, 0.3) is 10.6 Å². The van der Waals surface area contributed by atoms with Crippen molar-refractivity contribution >= 4 is 11.3 Å². The van der Waals surface area contributed by atoms with Crippen molar-refractivity contribution in [2.24, 2.45) is 0 Å². The number of benzene rings is 1. The van der Waals surface area contributed by atoms with E-state index in [9.17, 15) is 4.39 Å². The normalized spacial score (nSPS) is 14.9. The standard InChI is InChI=1S/C17H21FN2S/c1-10(2)19-9-15-16(12-4-5-12)20-17(21-15)13-6-11(3)7-14(18)8-13/h6-8,10,12,19H,4-5,9H2,1-3H3. The summed E-state index contributed by atoms with van der Waals surface area (Å²) in [5.74, 6) is 0.434.